The van der Waals surface area contributed by atoms with Crippen LogP contribution in [0.2, 0.25) is 0 Å². The Morgan fingerprint density at radius 2 is 1.82 bits per heavy atom. The molecule has 12 atom stereocenters. The number of aliphatic hydroxyl groups is 4. The molecule has 256 valence electrons. The third-order valence-corrected chi connectivity index (χ3v) is 9.08. The summed E-state index contributed by atoms with van der Waals surface area (Å²) in [6.07, 6.45) is 4.87. The van der Waals surface area contributed by atoms with Crippen molar-refractivity contribution in [3.8, 4) is 12.3 Å². The maximum absolute atomic E-state index is 13.3. The quantitative estimate of drug-likeness (QED) is 0.142. The smallest absolute Gasteiger partial charge is 0.308 e. The number of cyclic esters (lactones) is 1. The number of esters is 1. The monoisotopic (exact) mass is 636 g/mol. The van der Waals surface area contributed by atoms with E-state index in [4.69, 9.17) is 20.6 Å². The van der Waals surface area contributed by atoms with Gasteiger partial charge in [-0.1, -0.05) is 44.4 Å². The summed E-state index contributed by atoms with van der Waals surface area (Å²) in [6.45, 7) is 9.56. The third kappa shape index (κ3) is 11.3. The zero-order valence-corrected chi connectivity index (χ0v) is 28.0. The minimum Gasteiger partial charge on any atom is -0.462 e. The Kier molecular flexibility index (Phi) is 16.4. The van der Waals surface area contributed by atoms with E-state index in [9.17, 15) is 30.0 Å². The summed E-state index contributed by atoms with van der Waals surface area (Å²) < 4.78 is 18.3. The summed E-state index contributed by atoms with van der Waals surface area (Å²) in [5.41, 5.74) is 0.747. The Balaban J connectivity index is 2.56. The maximum atomic E-state index is 13.3. The fourth-order valence-corrected chi connectivity index (χ4v) is 6.31. The van der Waals surface area contributed by atoms with Crippen LogP contribution in [0.4, 0.5) is 0 Å². The van der Waals surface area contributed by atoms with Gasteiger partial charge in [0.1, 0.15) is 12.2 Å². The van der Waals surface area contributed by atoms with E-state index < -0.39 is 72.7 Å². The minimum atomic E-state index is -1.22. The molecule has 0 spiro atoms. The van der Waals surface area contributed by atoms with Crippen molar-refractivity contribution in [2.75, 3.05) is 33.8 Å². The highest BCUT2D eigenvalue weighted by atomic mass is 16.7. The first-order valence-corrected chi connectivity index (χ1v) is 16.1. The fourth-order valence-electron chi connectivity index (χ4n) is 6.31. The molecular weight excluding hydrogens is 580 g/mol. The van der Waals surface area contributed by atoms with Gasteiger partial charge in [0.2, 0.25) is 0 Å². The summed E-state index contributed by atoms with van der Waals surface area (Å²) in [4.78, 5) is 28.1. The van der Waals surface area contributed by atoms with Crippen molar-refractivity contribution >= 4 is 11.8 Å². The van der Waals surface area contributed by atoms with Crippen LogP contribution < -0.4 is 5.32 Å². The summed E-state index contributed by atoms with van der Waals surface area (Å²) in [6, 6.07) is -0.678. The molecule has 0 aromatic heterocycles. The van der Waals surface area contributed by atoms with Crippen LogP contribution in [0, 0.1) is 36.0 Å². The molecule has 0 bridgehead atoms. The predicted octanol–water partition coefficient (Wildman–Crippen LogP) is 1.43. The van der Waals surface area contributed by atoms with Crippen LogP contribution in [0.3, 0.4) is 0 Å². The minimum absolute atomic E-state index is 0.0965. The molecule has 5 N–H and O–H groups in total. The van der Waals surface area contributed by atoms with Crippen LogP contribution in [0.25, 0.3) is 0 Å². The number of carbonyl (C=O) groups is 2. The lowest BCUT2D eigenvalue weighted by Crippen LogP contribution is -2.63. The normalized spacial score (nSPS) is 39.5. The van der Waals surface area contributed by atoms with E-state index in [-0.39, 0.29) is 24.7 Å². The number of terminal acetylenes is 1. The average molecular weight is 637 g/mol. The van der Waals surface area contributed by atoms with Crippen molar-refractivity contribution in [2.24, 2.45) is 23.7 Å². The summed E-state index contributed by atoms with van der Waals surface area (Å²) in [7, 11) is 3.50. The van der Waals surface area contributed by atoms with E-state index in [2.05, 4.69) is 11.2 Å². The van der Waals surface area contributed by atoms with Gasteiger partial charge in [0.25, 0.3) is 0 Å². The second kappa shape index (κ2) is 18.9. The Hall–Kier alpha value is -2.14. The number of rotatable bonds is 9. The molecule has 0 unspecified atom stereocenters. The molecule has 11 heteroatoms. The van der Waals surface area contributed by atoms with Gasteiger partial charge in [-0.25, -0.2) is 0 Å². The first-order valence-electron chi connectivity index (χ1n) is 16.1. The van der Waals surface area contributed by atoms with Gasteiger partial charge in [-0.3, -0.25) is 9.59 Å². The highest BCUT2D eigenvalue weighted by molar-refractivity contribution is 5.91. The predicted molar refractivity (Wildman–Crippen MR) is 171 cm³/mol. The van der Waals surface area contributed by atoms with Gasteiger partial charge in [-0.2, -0.15) is 0 Å². The van der Waals surface area contributed by atoms with Gasteiger partial charge in [0, 0.05) is 17.8 Å². The highest BCUT2D eigenvalue weighted by Crippen LogP contribution is 2.34. The van der Waals surface area contributed by atoms with Gasteiger partial charge in [0.05, 0.1) is 50.0 Å². The maximum Gasteiger partial charge on any atom is 0.308 e. The SMILES string of the molecule is C#CCNCC[C@H]1C[C@@H](C)C(=O)/C=C/C(C)=C/[C@H](CO)[C@@H](CC)OC(=O)C[C@@H](O)[C@H](C)[C@H]1O[C@H]1O[C@@H](C)[C@H](O)[C@@H](N(C)C)[C@@H]1O. The van der Waals surface area contributed by atoms with E-state index in [0.29, 0.717) is 32.4 Å². The molecule has 2 heterocycles. The molecule has 0 aromatic carbocycles. The molecule has 2 aliphatic heterocycles. The van der Waals surface area contributed by atoms with Crippen LogP contribution in [-0.2, 0) is 23.8 Å². The number of ether oxygens (including phenoxy) is 3. The second-order valence-electron chi connectivity index (χ2n) is 12.9. The van der Waals surface area contributed by atoms with Gasteiger partial charge < -0.3 is 44.9 Å². The van der Waals surface area contributed by atoms with E-state index in [0.717, 1.165) is 5.57 Å². The molecule has 0 radical (unpaired) electrons. The molecule has 0 saturated carbocycles. The molecular formula is C34H56N2O9. The zero-order chi connectivity index (χ0) is 33.8. The lowest BCUT2D eigenvalue weighted by Gasteiger charge is -2.46. The van der Waals surface area contributed by atoms with Crippen molar-refractivity contribution in [3.63, 3.8) is 0 Å². The Bertz CT molecular complexity index is 1040. The fraction of sp³-hybridized carbons (Fsp3) is 0.765. The zero-order valence-electron chi connectivity index (χ0n) is 28.0. The molecule has 1 fully saturated rings. The van der Waals surface area contributed by atoms with Gasteiger partial charge in [0.15, 0.2) is 12.1 Å². The van der Waals surface area contributed by atoms with Gasteiger partial charge in [-0.15, -0.1) is 6.42 Å². The number of likely N-dealkylation sites (N-methyl/N-ethyl adjacent to an activating group) is 1. The average Bonchev–Trinajstić information content (AvgIpc) is 2.99. The van der Waals surface area contributed by atoms with Crippen LogP contribution in [-0.4, -0.2) is 120 Å². The molecule has 11 nitrogen and oxygen atoms in total. The summed E-state index contributed by atoms with van der Waals surface area (Å²) >= 11 is 0. The van der Waals surface area contributed by atoms with Crippen molar-refractivity contribution in [1.29, 1.82) is 0 Å². The molecule has 45 heavy (non-hydrogen) atoms. The molecule has 2 rings (SSSR count). The van der Waals surface area contributed by atoms with Crippen LogP contribution in [0.1, 0.15) is 60.3 Å². The molecule has 1 saturated heterocycles. The number of nitrogens with one attached hydrogen (secondary N) is 1. The van der Waals surface area contributed by atoms with E-state index in [1.165, 1.54) is 6.08 Å². The lowest BCUT2D eigenvalue weighted by molar-refractivity contribution is -0.304. The summed E-state index contributed by atoms with van der Waals surface area (Å²) in [5.74, 6) is -0.0561. The Labute approximate surface area is 269 Å². The standard InChI is InChI=1S/C34H56N2O9/c1-9-14-35-15-13-24-17-21(4)26(38)12-11-20(3)16-25(19-37)28(10-2)44-29(40)18-27(39)22(5)33(24)45-34-32(42)30(36(7)8)31(41)23(6)43-34/h1,11-12,16,21-25,27-28,30-35,37,39,41-42H,10,13-15,17-19H2,2-8H3/b12-11+,20-16+/t21-,22+,23+,24+,25-,27-,28-,30-,31+,32+,33-,34-/m1/s1. The second-order valence-corrected chi connectivity index (χ2v) is 12.9. The van der Waals surface area contributed by atoms with E-state index >= 15 is 0 Å². The number of carbonyl (C=O) groups excluding carboxylic acids is 2. The number of hydrogen-bond acceptors (Lipinski definition) is 11. The highest BCUT2D eigenvalue weighted by Gasteiger charge is 2.47. The van der Waals surface area contributed by atoms with Crippen molar-refractivity contribution in [2.45, 2.75) is 109 Å². The third-order valence-electron chi connectivity index (χ3n) is 9.08. The molecule has 0 aromatic rings. The Morgan fingerprint density at radius 3 is 2.42 bits per heavy atom. The molecule has 2 aliphatic rings. The summed E-state index contributed by atoms with van der Waals surface area (Å²) in [5, 5.41) is 46.7. The van der Waals surface area contributed by atoms with Gasteiger partial charge >= 0.3 is 5.97 Å². The number of aliphatic hydroxyl groups excluding tert-OH is 4. The van der Waals surface area contributed by atoms with Crippen molar-refractivity contribution in [1.82, 2.24) is 10.2 Å². The van der Waals surface area contributed by atoms with Crippen LogP contribution in [0.15, 0.2) is 23.8 Å². The van der Waals surface area contributed by atoms with Crippen LogP contribution in [0.5, 0.6) is 0 Å². The lowest BCUT2D eigenvalue weighted by atomic mass is 9.79. The number of ketones is 1. The van der Waals surface area contributed by atoms with E-state index in [1.54, 1.807) is 45.0 Å². The largest absolute Gasteiger partial charge is 0.462 e. The van der Waals surface area contributed by atoms with E-state index in [1.807, 2.05) is 20.8 Å². The first kappa shape index (κ1) is 39.0. The topological polar surface area (TPSA) is 158 Å². The van der Waals surface area contributed by atoms with Crippen LogP contribution >= 0.6 is 0 Å². The molecule has 0 amide bonds. The first-order chi connectivity index (χ1) is 21.2. The number of allylic oxidation sites excluding steroid dienone is 3. The number of nitrogens with zero attached hydrogens (tertiary/aromatic N) is 1. The Morgan fingerprint density at radius 1 is 1.13 bits per heavy atom. The van der Waals surface area contributed by atoms with Gasteiger partial charge in [-0.05, 0) is 65.7 Å². The molecule has 0 aliphatic carbocycles. The van der Waals surface area contributed by atoms with Crippen molar-refractivity contribution in [3.05, 3.63) is 23.8 Å². The number of hydrogen-bond donors (Lipinski definition) is 5. The van der Waals surface area contributed by atoms with Crippen molar-refractivity contribution < 1.29 is 44.2 Å².